The van der Waals surface area contributed by atoms with Crippen LogP contribution in [0.4, 0.5) is 10.1 Å². The van der Waals surface area contributed by atoms with E-state index in [1.54, 1.807) is 6.07 Å². The summed E-state index contributed by atoms with van der Waals surface area (Å²) in [5.41, 5.74) is -0.221. The predicted molar refractivity (Wildman–Crippen MR) is 76.6 cm³/mol. The Morgan fingerprint density at radius 1 is 1.29 bits per heavy atom. The van der Waals surface area contributed by atoms with Gasteiger partial charge < -0.3 is 20.3 Å². The van der Waals surface area contributed by atoms with Gasteiger partial charge in [-0.1, -0.05) is 0 Å². The number of carboxylic acids is 1. The topological polar surface area (TPSA) is 85.4 Å². The van der Waals surface area contributed by atoms with Gasteiger partial charge in [0.25, 0.3) is 0 Å². The number of aromatic amines is 1. The van der Waals surface area contributed by atoms with Gasteiger partial charge in [0.15, 0.2) is 0 Å². The van der Waals surface area contributed by atoms with Crippen LogP contribution in [0.15, 0.2) is 23.1 Å². The second-order valence-electron chi connectivity index (χ2n) is 4.92. The van der Waals surface area contributed by atoms with Crippen LogP contribution in [0.3, 0.4) is 0 Å². The number of nitrogens with zero attached hydrogens (tertiary/aromatic N) is 1. The molecule has 0 bridgehead atoms. The molecule has 1 aromatic carbocycles. The summed E-state index contributed by atoms with van der Waals surface area (Å²) >= 11 is 0. The van der Waals surface area contributed by atoms with Crippen molar-refractivity contribution in [3.63, 3.8) is 0 Å². The zero-order valence-corrected chi connectivity index (χ0v) is 11.1. The van der Waals surface area contributed by atoms with Crippen molar-refractivity contribution in [3.05, 3.63) is 39.9 Å². The van der Waals surface area contributed by atoms with Gasteiger partial charge in [-0.25, -0.2) is 9.18 Å². The van der Waals surface area contributed by atoms with Crippen molar-refractivity contribution in [3.8, 4) is 0 Å². The third-order valence-corrected chi connectivity index (χ3v) is 3.64. The summed E-state index contributed by atoms with van der Waals surface area (Å²) in [6.45, 7) is 2.90. The van der Waals surface area contributed by atoms with E-state index in [1.807, 2.05) is 4.90 Å². The van der Waals surface area contributed by atoms with Crippen LogP contribution in [-0.2, 0) is 0 Å². The maximum atomic E-state index is 14.3. The highest BCUT2D eigenvalue weighted by atomic mass is 19.1. The Kier molecular flexibility index (Phi) is 3.34. The molecule has 0 amide bonds. The van der Waals surface area contributed by atoms with Crippen LogP contribution in [0.25, 0.3) is 10.9 Å². The molecular formula is C14H14FN3O3. The van der Waals surface area contributed by atoms with Crippen LogP contribution in [0.5, 0.6) is 0 Å². The number of H-pyrrole nitrogens is 1. The molecular weight excluding hydrogens is 277 g/mol. The zero-order chi connectivity index (χ0) is 15.0. The van der Waals surface area contributed by atoms with E-state index in [1.165, 1.54) is 0 Å². The van der Waals surface area contributed by atoms with Crippen LogP contribution in [0.2, 0.25) is 0 Å². The molecule has 1 aliphatic heterocycles. The number of nitrogens with one attached hydrogen (secondary N) is 2. The number of fused-ring (bicyclic) bond motifs is 1. The third-order valence-electron chi connectivity index (χ3n) is 3.64. The molecule has 3 N–H and O–H groups in total. The number of carbonyl (C=O) groups is 1. The van der Waals surface area contributed by atoms with Crippen molar-refractivity contribution in [1.82, 2.24) is 10.3 Å². The van der Waals surface area contributed by atoms with Crippen LogP contribution < -0.4 is 15.6 Å². The number of pyridine rings is 1. The highest BCUT2D eigenvalue weighted by Gasteiger charge is 2.18. The third kappa shape index (κ3) is 2.36. The first-order valence-corrected chi connectivity index (χ1v) is 6.62. The largest absolute Gasteiger partial charge is 0.477 e. The number of hydrogen-bond acceptors (Lipinski definition) is 4. The first-order chi connectivity index (χ1) is 10.1. The van der Waals surface area contributed by atoms with Gasteiger partial charge in [0.2, 0.25) is 5.43 Å². The molecule has 1 aromatic heterocycles. The molecule has 3 rings (SSSR count). The van der Waals surface area contributed by atoms with Crippen LogP contribution in [-0.4, -0.2) is 42.2 Å². The zero-order valence-electron chi connectivity index (χ0n) is 11.1. The fraction of sp³-hybridized carbons (Fsp3) is 0.286. The van der Waals surface area contributed by atoms with Crippen molar-refractivity contribution < 1.29 is 14.3 Å². The Morgan fingerprint density at radius 2 is 2.00 bits per heavy atom. The minimum atomic E-state index is -1.33. The highest BCUT2D eigenvalue weighted by molar-refractivity contribution is 5.93. The Hall–Kier alpha value is -2.41. The summed E-state index contributed by atoms with van der Waals surface area (Å²) in [6.07, 6.45) is 1.15. The minimum absolute atomic E-state index is 0.0475. The second-order valence-corrected chi connectivity index (χ2v) is 4.92. The van der Waals surface area contributed by atoms with E-state index in [0.717, 1.165) is 25.4 Å². The quantitative estimate of drug-likeness (QED) is 0.761. The van der Waals surface area contributed by atoms with Crippen LogP contribution >= 0.6 is 0 Å². The van der Waals surface area contributed by atoms with Crippen molar-refractivity contribution in [2.45, 2.75) is 0 Å². The van der Waals surface area contributed by atoms with E-state index < -0.39 is 22.8 Å². The normalized spacial score (nSPS) is 15.4. The SMILES string of the molecule is O=C(O)c1c[nH]c2cc(N3CCNCC3)c(F)cc2c1=O. The van der Waals surface area contributed by atoms with E-state index >= 15 is 0 Å². The summed E-state index contributed by atoms with van der Waals surface area (Å²) in [5.74, 6) is -1.85. The number of benzene rings is 1. The Balaban J connectivity index is 2.14. The first kappa shape index (κ1) is 13.6. The molecule has 0 aliphatic carbocycles. The lowest BCUT2D eigenvalue weighted by molar-refractivity contribution is 0.0695. The van der Waals surface area contributed by atoms with E-state index in [9.17, 15) is 14.0 Å². The molecule has 0 saturated carbocycles. The molecule has 0 radical (unpaired) electrons. The minimum Gasteiger partial charge on any atom is -0.477 e. The fourth-order valence-corrected chi connectivity index (χ4v) is 2.54. The molecule has 0 atom stereocenters. The molecule has 6 nitrogen and oxygen atoms in total. The maximum absolute atomic E-state index is 14.3. The van der Waals surface area contributed by atoms with Crippen LogP contribution in [0, 0.1) is 5.82 Å². The van der Waals surface area contributed by atoms with Gasteiger partial charge in [-0.3, -0.25) is 4.79 Å². The molecule has 0 spiro atoms. The molecule has 21 heavy (non-hydrogen) atoms. The molecule has 1 aliphatic rings. The van der Waals surface area contributed by atoms with Crippen molar-refractivity contribution >= 4 is 22.6 Å². The second kappa shape index (κ2) is 5.17. The molecule has 2 aromatic rings. The van der Waals surface area contributed by atoms with Gasteiger partial charge in [-0.05, 0) is 12.1 Å². The number of rotatable bonds is 2. The van der Waals surface area contributed by atoms with Crippen LogP contribution in [0.1, 0.15) is 10.4 Å². The van der Waals surface area contributed by atoms with Gasteiger partial charge in [-0.15, -0.1) is 0 Å². The number of carboxylic acid groups (broad SMARTS) is 1. The molecule has 110 valence electrons. The molecule has 7 heteroatoms. The Morgan fingerprint density at radius 3 is 2.67 bits per heavy atom. The Labute approximate surface area is 119 Å². The van der Waals surface area contributed by atoms with E-state index in [4.69, 9.17) is 5.11 Å². The highest BCUT2D eigenvalue weighted by Crippen LogP contribution is 2.24. The Bertz CT molecular complexity index is 766. The van der Waals surface area contributed by atoms with E-state index in [-0.39, 0.29) is 5.39 Å². The first-order valence-electron chi connectivity index (χ1n) is 6.62. The van der Waals surface area contributed by atoms with Crippen molar-refractivity contribution in [2.24, 2.45) is 0 Å². The standard InChI is InChI=1S/C14H14FN3O3/c15-10-5-8-11(17-7-9(13(8)19)14(20)21)6-12(10)18-3-1-16-2-4-18/h5-7,16H,1-4H2,(H,17,19)(H,20,21). The van der Waals surface area contributed by atoms with Gasteiger partial charge in [0.05, 0.1) is 11.2 Å². The molecule has 1 saturated heterocycles. The molecule has 2 heterocycles. The average Bonchev–Trinajstić information content (AvgIpc) is 2.48. The summed E-state index contributed by atoms with van der Waals surface area (Å²) in [4.78, 5) is 27.6. The number of halogens is 1. The van der Waals surface area contributed by atoms with Crippen molar-refractivity contribution in [1.29, 1.82) is 0 Å². The number of aromatic nitrogens is 1. The lowest BCUT2D eigenvalue weighted by Crippen LogP contribution is -2.43. The number of piperazine rings is 1. The number of aromatic carboxylic acids is 1. The van der Waals surface area contributed by atoms with E-state index in [0.29, 0.717) is 24.3 Å². The van der Waals surface area contributed by atoms with Gasteiger partial charge in [-0.2, -0.15) is 0 Å². The smallest absolute Gasteiger partial charge is 0.341 e. The summed E-state index contributed by atoms with van der Waals surface area (Å²) < 4.78 is 14.3. The van der Waals surface area contributed by atoms with Gasteiger partial charge in [0, 0.05) is 37.8 Å². The van der Waals surface area contributed by atoms with E-state index in [2.05, 4.69) is 10.3 Å². The lowest BCUT2D eigenvalue weighted by Gasteiger charge is -2.29. The average molecular weight is 291 g/mol. The van der Waals surface area contributed by atoms with Crippen molar-refractivity contribution in [2.75, 3.05) is 31.1 Å². The number of anilines is 1. The molecule has 0 unspecified atom stereocenters. The molecule has 1 fully saturated rings. The summed E-state index contributed by atoms with van der Waals surface area (Å²) in [7, 11) is 0. The van der Waals surface area contributed by atoms with Gasteiger partial charge in [0.1, 0.15) is 11.4 Å². The van der Waals surface area contributed by atoms with Gasteiger partial charge >= 0.3 is 5.97 Å². The monoisotopic (exact) mass is 291 g/mol. The predicted octanol–water partition coefficient (Wildman–Crippen LogP) is 0.775. The lowest BCUT2D eigenvalue weighted by atomic mass is 10.1. The maximum Gasteiger partial charge on any atom is 0.341 e. The summed E-state index contributed by atoms with van der Waals surface area (Å²) in [6, 6.07) is 2.67. The fourth-order valence-electron chi connectivity index (χ4n) is 2.54. The number of hydrogen-bond donors (Lipinski definition) is 3. The summed E-state index contributed by atoms with van der Waals surface area (Å²) in [5, 5.41) is 12.2.